The van der Waals surface area contributed by atoms with E-state index in [-0.39, 0.29) is 11.9 Å². The molecule has 5 rings (SSSR count). The number of fused-ring (bicyclic) bond motifs is 2. The normalized spacial score (nSPS) is 33.0. The molecule has 1 aliphatic heterocycles. The second kappa shape index (κ2) is 4.00. The second-order valence-electron chi connectivity index (χ2n) is 7.13. The van der Waals surface area contributed by atoms with Crippen molar-refractivity contribution in [1.82, 2.24) is 10.3 Å². The third kappa shape index (κ3) is 1.64. The highest BCUT2D eigenvalue weighted by atomic mass is 16.1. The number of pyridine rings is 1. The molecule has 0 radical (unpaired) electrons. The number of amides is 1. The Hall–Kier alpha value is -2.10. The van der Waals surface area contributed by atoms with Crippen LogP contribution in [0.15, 0.2) is 41.8 Å². The zero-order chi connectivity index (χ0) is 14.9. The minimum atomic E-state index is -0.509. The van der Waals surface area contributed by atoms with Crippen LogP contribution in [0.3, 0.4) is 0 Å². The molecule has 0 aromatic carbocycles. The Morgan fingerprint density at radius 2 is 2.23 bits per heavy atom. The summed E-state index contributed by atoms with van der Waals surface area (Å²) in [6.45, 7) is 0. The molecule has 2 heterocycles. The second-order valence-corrected chi connectivity index (χ2v) is 7.13. The van der Waals surface area contributed by atoms with Crippen molar-refractivity contribution in [2.45, 2.75) is 37.1 Å². The number of primary amides is 1. The van der Waals surface area contributed by atoms with E-state index in [0.29, 0.717) is 5.92 Å². The number of nitrogens with zero attached hydrogens (tertiary/aromatic N) is 1. The molecular weight excluding hydrogens is 274 g/mol. The first-order valence-corrected chi connectivity index (χ1v) is 8.12. The van der Waals surface area contributed by atoms with E-state index in [4.69, 9.17) is 5.73 Å². The monoisotopic (exact) mass is 293 g/mol. The molecule has 1 aromatic rings. The van der Waals surface area contributed by atoms with Crippen molar-refractivity contribution in [2.24, 2.45) is 17.6 Å². The van der Waals surface area contributed by atoms with Gasteiger partial charge in [-0.05, 0) is 49.0 Å². The molecule has 0 bridgehead atoms. The van der Waals surface area contributed by atoms with E-state index >= 15 is 0 Å². The number of allylic oxidation sites excluding steroid dienone is 4. The van der Waals surface area contributed by atoms with Gasteiger partial charge in [0.2, 0.25) is 5.91 Å². The predicted molar refractivity (Wildman–Crippen MR) is 82.6 cm³/mol. The lowest BCUT2D eigenvalue weighted by molar-refractivity contribution is -0.120. The fraction of sp³-hybridized carbons (Fsp3) is 0.444. The summed E-state index contributed by atoms with van der Waals surface area (Å²) in [5.74, 6) is 1.12. The Kier molecular flexibility index (Phi) is 2.26. The van der Waals surface area contributed by atoms with Crippen LogP contribution < -0.4 is 11.1 Å². The summed E-state index contributed by atoms with van der Waals surface area (Å²) in [4.78, 5) is 16.4. The van der Waals surface area contributed by atoms with Crippen LogP contribution in [0.25, 0.3) is 0 Å². The maximum atomic E-state index is 11.9. The van der Waals surface area contributed by atoms with E-state index in [1.165, 1.54) is 17.7 Å². The number of hydrogen-bond donors (Lipinski definition) is 2. The van der Waals surface area contributed by atoms with Crippen molar-refractivity contribution in [2.75, 3.05) is 0 Å². The lowest BCUT2D eigenvalue weighted by Gasteiger charge is -2.19. The highest BCUT2D eigenvalue weighted by molar-refractivity contribution is 5.89. The van der Waals surface area contributed by atoms with Crippen LogP contribution in [0.4, 0.5) is 0 Å². The third-order valence-electron chi connectivity index (χ3n) is 5.76. The molecule has 3 atom stereocenters. The molecule has 1 saturated heterocycles. The third-order valence-corrected chi connectivity index (χ3v) is 5.76. The van der Waals surface area contributed by atoms with Gasteiger partial charge in [-0.15, -0.1) is 0 Å². The molecule has 4 nitrogen and oxygen atoms in total. The first-order valence-electron chi connectivity index (χ1n) is 8.12. The smallest absolute Gasteiger partial charge is 0.229 e. The van der Waals surface area contributed by atoms with E-state index < -0.39 is 5.41 Å². The van der Waals surface area contributed by atoms with Gasteiger partial charge in [0.1, 0.15) is 0 Å². The van der Waals surface area contributed by atoms with Crippen molar-refractivity contribution in [3.05, 3.63) is 53.0 Å². The van der Waals surface area contributed by atoms with Crippen molar-refractivity contribution in [3.63, 3.8) is 0 Å². The first-order chi connectivity index (χ1) is 10.7. The Morgan fingerprint density at radius 1 is 1.36 bits per heavy atom. The zero-order valence-electron chi connectivity index (χ0n) is 12.4. The number of nitrogens with one attached hydrogen (secondary N) is 1. The minimum absolute atomic E-state index is 0.228. The minimum Gasteiger partial charge on any atom is -0.381 e. The van der Waals surface area contributed by atoms with E-state index in [0.717, 1.165) is 36.4 Å². The molecule has 4 aliphatic rings. The van der Waals surface area contributed by atoms with Crippen LogP contribution in [-0.2, 0) is 10.2 Å². The quantitative estimate of drug-likeness (QED) is 0.896. The van der Waals surface area contributed by atoms with E-state index in [9.17, 15) is 4.79 Å². The molecule has 4 heteroatoms. The summed E-state index contributed by atoms with van der Waals surface area (Å²) >= 11 is 0. The van der Waals surface area contributed by atoms with Crippen LogP contribution in [-0.4, -0.2) is 10.9 Å². The van der Waals surface area contributed by atoms with Crippen molar-refractivity contribution < 1.29 is 4.79 Å². The molecule has 22 heavy (non-hydrogen) atoms. The van der Waals surface area contributed by atoms with Crippen molar-refractivity contribution in [3.8, 4) is 0 Å². The van der Waals surface area contributed by atoms with Crippen molar-refractivity contribution >= 4 is 5.91 Å². The topological polar surface area (TPSA) is 68.0 Å². The SMILES string of the molecule is NC(=O)C1(c2ncccc2C2CC3CC4C=C4C=C3N2)CC1. The summed E-state index contributed by atoms with van der Waals surface area (Å²) in [6.07, 6.45) is 10.4. The fourth-order valence-corrected chi connectivity index (χ4v) is 4.23. The van der Waals surface area contributed by atoms with E-state index in [1.54, 1.807) is 6.20 Å². The lowest BCUT2D eigenvalue weighted by Crippen LogP contribution is -2.31. The summed E-state index contributed by atoms with van der Waals surface area (Å²) < 4.78 is 0. The van der Waals surface area contributed by atoms with Gasteiger partial charge in [-0.2, -0.15) is 0 Å². The number of hydrogen-bond acceptors (Lipinski definition) is 3. The molecule has 3 unspecified atom stereocenters. The number of carbonyl (C=O) groups excluding carboxylic acids is 1. The number of carbonyl (C=O) groups is 1. The van der Waals surface area contributed by atoms with Gasteiger partial charge in [-0.1, -0.05) is 12.1 Å². The molecule has 3 N–H and O–H groups in total. The molecule has 0 spiro atoms. The summed E-state index contributed by atoms with van der Waals surface area (Å²) in [5, 5.41) is 3.67. The summed E-state index contributed by atoms with van der Waals surface area (Å²) in [6, 6.07) is 4.34. The van der Waals surface area contributed by atoms with Crippen LogP contribution in [0.5, 0.6) is 0 Å². The van der Waals surface area contributed by atoms with Crippen LogP contribution in [0.2, 0.25) is 0 Å². The molecule has 1 saturated carbocycles. The predicted octanol–water partition coefficient (Wildman–Crippen LogP) is 2.09. The van der Waals surface area contributed by atoms with Gasteiger partial charge in [0.05, 0.1) is 17.2 Å². The van der Waals surface area contributed by atoms with Gasteiger partial charge >= 0.3 is 0 Å². The molecule has 3 aliphatic carbocycles. The lowest BCUT2D eigenvalue weighted by atomic mass is 9.87. The molecule has 1 amide bonds. The molecule has 2 fully saturated rings. The van der Waals surface area contributed by atoms with Gasteiger partial charge in [-0.3, -0.25) is 9.78 Å². The van der Waals surface area contributed by atoms with E-state index in [2.05, 4.69) is 28.5 Å². The first kappa shape index (κ1) is 12.4. The molecule has 112 valence electrons. The highest BCUT2D eigenvalue weighted by Crippen LogP contribution is 2.52. The highest BCUT2D eigenvalue weighted by Gasteiger charge is 2.53. The van der Waals surface area contributed by atoms with E-state index in [1.807, 2.05) is 6.07 Å². The number of nitrogens with two attached hydrogens (primary N) is 1. The van der Waals surface area contributed by atoms with Crippen LogP contribution in [0.1, 0.15) is 43.0 Å². The maximum Gasteiger partial charge on any atom is 0.229 e. The average molecular weight is 293 g/mol. The zero-order valence-corrected chi connectivity index (χ0v) is 12.4. The van der Waals surface area contributed by atoms with Gasteiger partial charge in [0.15, 0.2) is 0 Å². The summed E-state index contributed by atoms with van der Waals surface area (Å²) in [7, 11) is 0. The maximum absolute atomic E-state index is 11.9. The average Bonchev–Trinajstić information content (AvgIpc) is 3.41. The number of rotatable bonds is 3. The van der Waals surface area contributed by atoms with Crippen LogP contribution >= 0.6 is 0 Å². The van der Waals surface area contributed by atoms with Gasteiger partial charge in [0, 0.05) is 23.7 Å². The fourth-order valence-electron chi connectivity index (χ4n) is 4.23. The van der Waals surface area contributed by atoms with Gasteiger partial charge < -0.3 is 11.1 Å². The Labute approximate surface area is 129 Å². The Balaban J connectivity index is 1.51. The summed E-state index contributed by atoms with van der Waals surface area (Å²) in [5.41, 5.74) is 10.1. The number of aromatic nitrogens is 1. The molecule has 1 aromatic heterocycles. The Morgan fingerprint density at radius 3 is 3.00 bits per heavy atom. The molecular formula is C18H19N3O. The van der Waals surface area contributed by atoms with Crippen LogP contribution in [0, 0.1) is 11.8 Å². The van der Waals surface area contributed by atoms with Gasteiger partial charge in [-0.25, -0.2) is 0 Å². The largest absolute Gasteiger partial charge is 0.381 e. The van der Waals surface area contributed by atoms with Gasteiger partial charge in [0.25, 0.3) is 0 Å². The van der Waals surface area contributed by atoms with Crippen molar-refractivity contribution in [1.29, 1.82) is 0 Å². The standard InChI is InChI=1S/C18H19N3O/c19-17(22)18(3-4-18)16-13(2-1-5-20-16)15-9-12-7-10-6-11(10)8-14(12)21-15/h1-2,5-6,8,10,12,15,21H,3-4,7,9H2,(H2,19,22). The Bertz CT molecular complexity index is 744.